The van der Waals surface area contributed by atoms with Gasteiger partial charge < -0.3 is 19.1 Å². The summed E-state index contributed by atoms with van der Waals surface area (Å²) in [5.41, 5.74) is 0.463. The van der Waals surface area contributed by atoms with E-state index in [1.54, 1.807) is 25.3 Å². The van der Waals surface area contributed by atoms with E-state index in [-0.39, 0.29) is 11.6 Å². The minimum atomic E-state index is -0.00269. The lowest BCUT2D eigenvalue weighted by Crippen LogP contribution is -1.94. The van der Waals surface area contributed by atoms with E-state index in [0.717, 1.165) is 6.42 Å². The lowest BCUT2D eigenvalue weighted by molar-refractivity contribution is 0.194. The van der Waals surface area contributed by atoms with Gasteiger partial charge in [0.2, 0.25) is 0 Å². The molecule has 0 radical (unpaired) electrons. The Labute approximate surface area is 111 Å². The molecular formula is C13H16N2O4. The van der Waals surface area contributed by atoms with Gasteiger partial charge in [0, 0.05) is 20.1 Å². The molecule has 0 fully saturated rings. The highest BCUT2D eigenvalue weighted by molar-refractivity contribution is 5.66. The van der Waals surface area contributed by atoms with Crippen molar-refractivity contribution in [3.63, 3.8) is 0 Å². The fourth-order valence-corrected chi connectivity index (χ4v) is 1.70. The largest absolute Gasteiger partial charge is 0.504 e. The van der Waals surface area contributed by atoms with Gasteiger partial charge in [0.05, 0.1) is 12.7 Å². The number of hydrogen-bond donors (Lipinski definition) is 1. The van der Waals surface area contributed by atoms with E-state index < -0.39 is 0 Å². The average Bonchev–Trinajstić information content (AvgIpc) is 2.88. The van der Waals surface area contributed by atoms with Crippen LogP contribution in [-0.4, -0.2) is 36.1 Å². The Kier molecular flexibility index (Phi) is 4.35. The first-order valence-corrected chi connectivity index (χ1v) is 5.94. The molecule has 0 aliphatic carbocycles. The SMILES string of the molecule is COCCCc1noc(-c2cccc(OC)c2O)n1. The first-order chi connectivity index (χ1) is 9.26. The van der Waals surface area contributed by atoms with Gasteiger partial charge in [0.15, 0.2) is 17.3 Å². The van der Waals surface area contributed by atoms with Crippen LogP contribution < -0.4 is 4.74 Å². The molecule has 19 heavy (non-hydrogen) atoms. The highest BCUT2D eigenvalue weighted by Gasteiger charge is 2.15. The summed E-state index contributed by atoms with van der Waals surface area (Å²) in [7, 11) is 3.14. The summed E-state index contributed by atoms with van der Waals surface area (Å²) in [6.45, 7) is 0.647. The average molecular weight is 264 g/mol. The molecule has 1 aromatic carbocycles. The zero-order valence-electron chi connectivity index (χ0n) is 10.9. The summed E-state index contributed by atoms with van der Waals surface area (Å²) >= 11 is 0. The monoisotopic (exact) mass is 264 g/mol. The smallest absolute Gasteiger partial charge is 0.261 e. The van der Waals surface area contributed by atoms with Crippen molar-refractivity contribution >= 4 is 0 Å². The number of nitrogens with zero attached hydrogens (tertiary/aromatic N) is 2. The standard InChI is InChI=1S/C13H16N2O4/c1-17-8-4-7-11-14-13(19-15-11)9-5-3-6-10(18-2)12(9)16/h3,5-6,16H,4,7-8H2,1-2H3. The fourth-order valence-electron chi connectivity index (χ4n) is 1.70. The van der Waals surface area contributed by atoms with E-state index in [1.807, 2.05) is 0 Å². The molecule has 0 bridgehead atoms. The van der Waals surface area contributed by atoms with Crippen LogP contribution in [0.3, 0.4) is 0 Å². The number of hydrogen-bond acceptors (Lipinski definition) is 6. The van der Waals surface area contributed by atoms with E-state index in [1.165, 1.54) is 7.11 Å². The molecule has 2 aromatic rings. The molecule has 2 rings (SSSR count). The zero-order valence-corrected chi connectivity index (χ0v) is 10.9. The van der Waals surface area contributed by atoms with E-state index in [9.17, 15) is 5.11 Å². The molecule has 1 N–H and O–H groups in total. The molecule has 0 unspecified atom stereocenters. The van der Waals surface area contributed by atoms with Crippen molar-refractivity contribution in [1.29, 1.82) is 0 Å². The second-order valence-electron chi connectivity index (χ2n) is 3.97. The van der Waals surface area contributed by atoms with Gasteiger partial charge >= 0.3 is 0 Å². The van der Waals surface area contributed by atoms with Crippen LogP contribution >= 0.6 is 0 Å². The second kappa shape index (κ2) is 6.19. The topological polar surface area (TPSA) is 77.6 Å². The molecule has 0 saturated carbocycles. The van der Waals surface area contributed by atoms with Gasteiger partial charge in [0.25, 0.3) is 5.89 Å². The highest BCUT2D eigenvalue weighted by Crippen LogP contribution is 2.35. The Hall–Kier alpha value is -2.08. The number of aryl methyl sites for hydroxylation is 1. The summed E-state index contributed by atoms with van der Waals surface area (Å²) in [5, 5.41) is 13.9. The Balaban J connectivity index is 2.18. The lowest BCUT2D eigenvalue weighted by Gasteiger charge is -2.04. The Morgan fingerprint density at radius 2 is 2.16 bits per heavy atom. The number of aromatic hydroxyl groups is 1. The predicted octanol–water partition coefficient (Wildman–Crippen LogP) is 2.03. The van der Waals surface area contributed by atoms with Crippen molar-refractivity contribution in [2.45, 2.75) is 12.8 Å². The molecule has 1 aromatic heterocycles. The van der Waals surface area contributed by atoms with Gasteiger partial charge in [-0.05, 0) is 18.6 Å². The van der Waals surface area contributed by atoms with Crippen molar-refractivity contribution in [2.75, 3.05) is 20.8 Å². The number of phenolic OH excluding ortho intramolecular Hbond substituents is 1. The maximum atomic E-state index is 9.99. The molecule has 0 saturated heterocycles. The zero-order chi connectivity index (χ0) is 13.7. The predicted molar refractivity (Wildman–Crippen MR) is 68.1 cm³/mol. The van der Waals surface area contributed by atoms with E-state index >= 15 is 0 Å². The van der Waals surface area contributed by atoms with Gasteiger partial charge in [-0.1, -0.05) is 11.2 Å². The summed E-state index contributed by atoms with van der Waals surface area (Å²) in [6, 6.07) is 5.11. The van der Waals surface area contributed by atoms with E-state index in [0.29, 0.717) is 30.2 Å². The summed E-state index contributed by atoms with van der Waals surface area (Å²) in [4.78, 5) is 4.24. The highest BCUT2D eigenvalue weighted by atomic mass is 16.5. The molecule has 6 heteroatoms. The van der Waals surface area contributed by atoms with Crippen LogP contribution in [0.2, 0.25) is 0 Å². The number of aromatic nitrogens is 2. The minimum Gasteiger partial charge on any atom is -0.504 e. The fraction of sp³-hybridized carbons (Fsp3) is 0.385. The molecule has 0 aliphatic rings. The molecule has 0 spiro atoms. The Morgan fingerprint density at radius 3 is 2.89 bits per heavy atom. The van der Waals surface area contributed by atoms with Crippen LogP contribution in [0.5, 0.6) is 11.5 Å². The molecule has 0 aliphatic heterocycles. The van der Waals surface area contributed by atoms with Gasteiger partial charge in [-0.15, -0.1) is 0 Å². The number of benzene rings is 1. The maximum Gasteiger partial charge on any atom is 0.261 e. The van der Waals surface area contributed by atoms with Gasteiger partial charge in [-0.25, -0.2) is 0 Å². The number of ether oxygens (including phenoxy) is 2. The van der Waals surface area contributed by atoms with Crippen LogP contribution in [0.1, 0.15) is 12.2 Å². The first-order valence-electron chi connectivity index (χ1n) is 5.94. The van der Waals surface area contributed by atoms with E-state index in [2.05, 4.69) is 10.1 Å². The molecular weight excluding hydrogens is 248 g/mol. The van der Waals surface area contributed by atoms with Crippen molar-refractivity contribution < 1.29 is 19.1 Å². The van der Waals surface area contributed by atoms with Crippen LogP contribution in [0.15, 0.2) is 22.7 Å². The van der Waals surface area contributed by atoms with Crippen LogP contribution in [-0.2, 0) is 11.2 Å². The van der Waals surface area contributed by atoms with Gasteiger partial charge in [0.1, 0.15) is 0 Å². The van der Waals surface area contributed by atoms with Crippen LogP contribution in [0, 0.1) is 0 Å². The lowest BCUT2D eigenvalue weighted by atomic mass is 10.2. The Bertz CT molecular complexity index is 539. The molecule has 1 heterocycles. The van der Waals surface area contributed by atoms with Crippen molar-refractivity contribution in [2.24, 2.45) is 0 Å². The summed E-state index contributed by atoms with van der Waals surface area (Å²) in [6.07, 6.45) is 1.49. The van der Waals surface area contributed by atoms with Crippen molar-refractivity contribution in [3.05, 3.63) is 24.0 Å². The van der Waals surface area contributed by atoms with Crippen LogP contribution in [0.4, 0.5) is 0 Å². The summed E-state index contributed by atoms with van der Waals surface area (Å²) in [5.74, 6) is 1.24. The Morgan fingerprint density at radius 1 is 1.32 bits per heavy atom. The number of rotatable bonds is 6. The molecule has 0 amide bonds. The van der Waals surface area contributed by atoms with Gasteiger partial charge in [-0.3, -0.25) is 0 Å². The quantitative estimate of drug-likeness (QED) is 0.804. The second-order valence-corrected chi connectivity index (χ2v) is 3.97. The minimum absolute atomic E-state index is 0.00269. The molecule has 6 nitrogen and oxygen atoms in total. The van der Waals surface area contributed by atoms with E-state index in [4.69, 9.17) is 14.0 Å². The number of methoxy groups -OCH3 is 2. The first kappa shape index (κ1) is 13.4. The number of para-hydroxylation sites is 1. The van der Waals surface area contributed by atoms with Gasteiger partial charge in [-0.2, -0.15) is 4.98 Å². The normalized spacial score (nSPS) is 10.6. The maximum absolute atomic E-state index is 9.99. The third kappa shape index (κ3) is 3.03. The molecule has 102 valence electrons. The molecule has 0 atom stereocenters. The van der Waals surface area contributed by atoms with Crippen molar-refractivity contribution in [1.82, 2.24) is 10.1 Å². The van der Waals surface area contributed by atoms with Crippen LogP contribution in [0.25, 0.3) is 11.5 Å². The summed E-state index contributed by atoms with van der Waals surface area (Å²) < 4.78 is 15.1. The van der Waals surface area contributed by atoms with Crippen molar-refractivity contribution in [3.8, 4) is 23.0 Å². The third-order valence-electron chi connectivity index (χ3n) is 2.67. The third-order valence-corrected chi connectivity index (χ3v) is 2.67. The number of phenols is 1.